The van der Waals surface area contributed by atoms with Gasteiger partial charge in [-0.3, -0.25) is 0 Å². The van der Waals surface area contributed by atoms with Crippen LogP contribution in [-0.4, -0.2) is 4.37 Å². The van der Waals surface area contributed by atoms with E-state index in [4.69, 9.17) is 11.0 Å². The van der Waals surface area contributed by atoms with Gasteiger partial charge >= 0.3 is 0 Å². The number of nitriles is 1. The van der Waals surface area contributed by atoms with Crippen molar-refractivity contribution in [2.24, 2.45) is 0 Å². The van der Waals surface area contributed by atoms with Crippen LogP contribution in [0.1, 0.15) is 42.9 Å². The van der Waals surface area contributed by atoms with E-state index in [1.54, 1.807) is 0 Å². The van der Waals surface area contributed by atoms with Crippen LogP contribution in [-0.2, 0) is 0 Å². The number of rotatable bonds is 1. The minimum absolute atomic E-state index is 0.489. The quantitative estimate of drug-likeness (QED) is 0.744. The Hall–Kier alpha value is -1.08. The summed E-state index contributed by atoms with van der Waals surface area (Å²) in [5.74, 6) is 0.489. The monoisotopic (exact) mass is 193 g/mol. The van der Waals surface area contributed by atoms with Crippen LogP contribution >= 0.6 is 11.5 Å². The predicted molar refractivity (Wildman–Crippen MR) is 52.5 cm³/mol. The van der Waals surface area contributed by atoms with E-state index in [1.165, 1.54) is 24.4 Å². The molecule has 1 aliphatic carbocycles. The molecule has 0 saturated heterocycles. The van der Waals surface area contributed by atoms with Gasteiger partial charge in [-0.15, -0.1) is 0 Å². The van der Waals surface area contributed by atoms with Gasteiger partial charge in [0.2, 0.25) is 0 Å². The summed E-state index contributed by atoms with van der Waals surface area (Å²) < 4.78 is 4.26. The summed E-state index contributed by atoms with van der Waals surface area (Å²) in [7, 11) is 0. The van der Waals surface area contributed by atoms with E-state index in [1.807, 2.05) is 0 Å². The van der Waals surface area contributed by atoms with Crippen molar-refractivity contribution in [1.29, 1.82) is 5.26 Å². The Morgan fingerprint density at radius 3 is 2.77 bits per heavy atom. The lowest BCUT2D eigenvalue weighted by molar-refractivity contribution is 0.705. The van der Waals surface area contributed by atoms with Crippen LogP contribution in [0.4, 0.5) is 5.00 Å². The van der Waals surface area contributed by atoms with Gasteiger partial charge in [-0.05, 0) is 24.4 Å². The summed E-state index contributed by atoms with van der Waals surface area (Å²) in [6.07, 6.45) is 4.84. The van der Waals surface area contributed by atoms with E-state index in [0.29, 0.717) is 16.5 Å². The van der Waals surface area contributed by atoms with E-state index in [0.717, 1.165) is 18.5 Å². The molecule has 0 spiro atoms. The Morgan fingerprint density at radius 1 is 1.46 bits per heavy atom. The summed E-state index contributed by atoms with van der Waals surface area (Å²) in [6, 6.07) is 2.14. The molecule has 1 aromatic rings. The smallest absolute Gasteiger partial charge is 0.125 e. The predicted octanol–water partition coefficient (Wildman–Crippen LogP) is 2.25. The molecule has 1 aromatic heterocycles. The molecule has 13 heavy (non-hydrogen) atoms. The zero-order valence-electron chi connectivity index (χ0n) is 7.29. The SMILES string of the molecule is N#Cc1c(C2CCCC2)nsc1N. The molecule has 2 N–H and O–H groups in total. The van der Waals surface area contributed by atoms with Gasteiger partial charge in [-0.1, -0.05) is 12.8 Å². The van der Waals surface area contributed by atoms with Crippen LogP contribution in [0.3, 0.4) is 0 Å². The highest BCUT2D eigenvalue weighted by Crippen LogP contribution is 2.37. The zero-order chi connectivity index (χ0) is 9.26. The van der Waals surface area contributed by atoms with E-state index in [-0.39, 0.29) is 0 Å². The Morgan fingerprint density at radius 2 is 2.15 bits per heavy atom. The van der Waals surface area contributed by atoms with Gasteiger partial charge in [0.1, 0.15) is 16.6 Å². The van der Waals surface area contributed by atoms with Crippen molar-refractivity contribution in [2.45, 2.75) is 31.6 Å². The molecule has 68 valence electrons. The summed E-state index contributed by atoms with van der Waals surface area (Å²) in [6.45, 7) is 0. The van der Waals surface area contributed by atoms with Gasteiger partial charge in [0, 0.05) is 5.92 Å². The Bertz CT molecular complexity index is 344. The van der Waals surface area contributed by atoms with Gasteiger partial charge in [0.05, 0.1) is 5.69 Å². The van der Waals surface area contributed by atoms with Crippen LogP contribution in [0.25, 0.3) is 0 Å². The van der Waals surface area contributed by atoms with E-state index < -0.39 is 0 Å². The van der Waals surface area contributed by atoms with Gasteiger partial charge in [-0.2, -0.15) is 9.64 Å². The molecular formula is C9H11N3S. The van der Waals surface area contributed by atoms with Crippen molar-refractivity contribution in [1.82, 2.24) is 4.37 Å². The molecule has 4 heteroatoms. The second-order valence-electron chi connectivity index (χ2n) is 3.40. The van der Waals surface area contributed by atoms with Crippen molar-refractivity contribution in [3.8, 4) is 6.07 Å². The minimum Gasteiger partial charge on any atom is -0.388 e. The summed E-state index contributed by atoms with van der Waals surface area (Å²) >= 11 is 1.25. The standard InChI is InChI=1S/C9H11N3S/c10-5-7-8(12-13-9(7)11)6-3-1-2-4-6/h6H,1-4,11H2. The normalized spacial score (nSPS) is 17.5. The average molecular weight is 193 g/mol. The maximum atomic E-state index is 8.89. The molecule has 1 saturated carbocycles. The van der Waals surface area contributed by atoms with Crippen LogP contribution in [0.5, 0.6) is 0 Å². The largest absolute Gasteiger partial charge is 0.388 e. The molecule has 0 atom stereocenters. The van der Waals surface area contributed by atoms with Gasteiger partial charge in [-0.25, -0.2) is 0 Å². The first-order chi connectivity index (χ1) is 6.33. The highest BCUT2D eigenvalue weighted by molar-refractivity contribution is 7.10. The molecule has 0 amide bonds. The van der Waals surface area contributed by atoms with Crippen molar-refractivity contribution in [3.05, 3.63) is 11.3 Å². The lowest BCUT2D eigenvalue weighted by Gasteiger charge is -2.04. The molecule has 1 fully saturated rings. The molecule has 1 heterocycles. The molecular weight excluding hydrogens is 182 g/mol. The van der Waals surface area contributed by atoms with Crippen LogP contribution in [0, 0.1) is 11.3 Å². The molecule has 3 nitrogen and oxygen atoms in total. The number of nitrogens with zero attached hydrogens (tertiary/aromatic N) is 2. The number of aromatic nitrogens is 1. The van der Waals surface area contributed by atoms with Crippen molar-refractivity contribution in [2.75, 3.05) is 5.73 Å². The highest BCUT2D eigenvalue weighted by atomic mass is 32.1. The third kappa shape index (κ3) is 1.40. The van der Waals surface area contributed by atoms with Crippen LogP contribution in [0.15, 0.2) is 0 Å². The maximum Gasteiger partial charge on any atom is 0.125 e. The first-order valence-electron chi connectivity index (χ1n) is 4.48. The number of nitrogens with two attached hydrogens (primary N) is 1. The third-order valence-corrected chi connectivity index (χ3v) is 3.29. The molecule has 0 aromatic carbocycles. The van der Waals surface area contributed by atoms with E-state index in [9.17, 15) is 0 Å². The number of anilines is 1. The van der Waals surface area contributed by atoms with Crippen LogP contribution in [0.2, 0.25) is 0 Å². The summed E-state index contributed by atoms with van der Waals surface area (Å²) in [4.78, 5) is 0. The fraction of sp³-hybridized carbons (Fsp3) is 0.556. The number of hydrogen-bond acceptors (Lipinski definition) is 4. The summed E-state index contributed by atoms with van der Waals surface area (Å²) in [5, 5.41) is 9.46. The van der Waals surface area contributed by atoms with Crippen molar-refractivity contribution < 1.29 is 0 Å². The average Bonchev–Trinajstić information content (AvgIpc) is 2.71. The van der Waals surface area contributed by atoms with E-state index >= 15 is 0 Å². The second kappa shape index (κ2) is 3.35. The Balaban J connectivity index is 2.34. The first kappa shape index (κ1) is 8.52. The molecule has 0 bridgehead atoms. The minimum atomic E-state index is 0.489. The number of nitrogen functional groups attached to an aromatic ring is 1. The molecule has 0 radical (unpaired) electrons. The number of hydrogen-bond donors (Lipinski definition) is 1. The Kier molecular flexibility index (Phi) is 2.19. The lowest BCUT2D eigenvalue weighted by atomic mass is 10.0. The molecule has 0 aliphatic heterocycles. The molecule has 0 unspecified atom stereocenters. The van der Waals surface area contributed by atoms with E-state index in [2.05, 4.69) is 10.4 Å². The molecule has 1 aliphatic rings. The topological polar surface area (TPSA) is 62.7 Å². The first-order valence-corrected chi connectivity index (χ1v) is 5.25. The van der Waals surface area contributed by atoms with Gasteiger partial charge in [0.15, 0.2) is 0 Å². The molecule has 2 rings (SSSR count). The fourth-order valence-electron chi connectivity index (χ4n) is 1.91. The lowest BCUT2D eigenvalue weighted by Crippen LogP contribution is -1.96. The van der Waals surface area contributed by atoms with Crippen molar-refractivity contribution >= 4 is 16.5 Å². The fourth-order valence-corrected chi connectivity index (χ4v) is 2.58. The van der Waals surface area contributed by atoms with Crippen LogP contribution < -0.4 is 5.73 Å². The van der Waals surface area contributed by atoms with Gasteiger partial charge < -0.3 is 5.73 Å². The van der Waals surface area contributed by atoms with Gasteiger partial charge in [0.25, 0.3) is 0 Å². The third-order valence-electron chi connectivity index (χ3n) is 2.60. The summed E-state index contributed by atoms with van der Waals surface area (Å²) in [5.41, 5.74) is 7.22. The highest BCUT2D eigenvalue weighted by Gasteiger charge is 2.23. The maximum absolute atomic E-state index is 8.89. The van der Waals surface area contributed by atoms with Crippen molar-refractivity contribution in [3.63, 3.8) is 0 Å². The zero-order valence-corrected chi connectivity index (χ0v) is 8.10. The second-order valence-corrected chi connectivity index (χ2v) is 4.21. The Labute approximate surface area is 81.3 Å².